The third-order valence-corrected chi connectivity index (χ3v) is 3.70. The van der Waals surface area contributed by atoms with Crippen molar-refractivity contribution < 1.29 is 14.3 Å². The highest BCUT2D eigenvalue weighted by Crippen LogP contribution is 2.28. The minimum absolute atomic E-state index is 0.220. The van der Waals surface area contributed by atoms with E-state index >= 15 is 0 Å². The molecule has 26 heavy (non-hydrogen) atoms. The number of nitrogens with zero attached hydrogens (tertiary/aromatic N) is 2. The third-order valence-electron chi connectivity index (χ3n) is 3.37. The predicted octanol–water partition coefficient (Wildman–Crippen LogP) is 5.10. The van der Waals surface area contributed by atoms with Crippen molar-refractivity contribution in [3.05, 3.63) is 36.0 Å². The van der Waals surface area contributed by atoms with E-state index in [4.69, 9.17) is 44.3 Å². The number of amides is 1. The molecule has 0 unspecified atom stereocenters. The van der Waals surface area contributed by atoms with Crippen LogP contribution in [0.5, 0.6) is 5.75 Å². The van der Waals surface area contributed by atoms with Gasteiger partial charge in [-0.15, -0.1) is 0 Å². The number of methoxy groups -OCH3 is 1. The zero-order valence-corrected chi connectivity index (χ0v) is 17.1. The van der Waals surface area contributed by atoms with Gasteiger partial charge in [0, 0.05) is 17.5 Å². The quantitative estimate of drug-likeness (QED) is 0.699. The second kappa shape index (κ2) is 7.94. The minimum Gasteiger partial charge on any atom is -0.497 e. The van der Waals surface area contributed by atoms with Gasteiger partial charge < -0.3 is 9.47 Å². The zero-order chi connectivity index (χ0) is 19.5. The Labute approximate surface area is 167 Å². The van der Waals surface area contributed by atoms with E-state index in [2.05, 4.69) is 10.4 Å². The van der Waals surface area contributed by atoms with Gasteiger partial charge in [0.2, 0.25) is 3.79 Å². The van der Waals surface area contributed by atoms with E-state index in [1.54, 1.807) is 23.9 Å². The average Bonchev–Trinajstić information content (AvgIpc) is 2.96. The summed E-state index contributed by atoms with van der Waals surface area (Å²) < 4.78 is 10.1. The van der Waals surface area contributed by atoms with Gasteiger partial charge in [-0.25, -0.2) is 9.48 Å². The monoisotopic (exact) mass is 419 g/mol. The van der Waals surface area contributed by atoms with Gasteiger partial charge in [0.05, 0.1) is 18.5 Å². The lowest BCUT2D eigenvalue weighted by atomic mass is 9.92. The molecule has 1 heterocycles. The van der Waals surface area contributed by atoms with E-state index in [1.165, 1.54) is 0 Å². The third kappa shape index (κ3) is 5.69. The van der Waals surface area contributed by atoms with E-state index < -0.39 is 9.89 Å². The SMILES string of the molecule is COc1cccc(-n2nc(C(C)(C)C)cc2NC(=O)OCC(Cl)(Cl)Cl)c1. The molecule has 6 nitrogen and oxygen atoms in total. The number of rotatable bonds is 4. The summed E-state index contributed by atoms with van der Waals surface area (Å²) in [5.41, 5.74) is 1.29. The summed E-state index contributed by atoms with van der Waals surface area (Å²) in [7, 11) is 1.58. The molecule has 9 heteroatoms. The first-order chi connectivity index (χ1) is 12.0. The summed E-state index contributed by atoms with van der Waals surface area (Å²) in [6.07, 6.45) is -0.749. The highest BCUT2D eigenvalue weighted by Gasteiger charge is 2.24. The number of carbonyl (C=O) groups is 1. The molecule has 0 fully saturated rings. The van der Waals surface area contributed by atoms with Crippen LogP contribution in [0.3, 0.4) is 0 Å². The summed E-state index contributed by atoms with van der Waals surface area (Å²) in [6, 6.07) is 9.07. The van der Waals surface area contributed by atoms with Crippen molar-refractivity contribution >= 4 is 46.7 Å². The molecule has 0 aliphatic rings. The molecule has 0 spiro atoms. The lowest BCUT2D eigenvalue weighted by Crippen LogP contribution is -2.22. The van der Waals surface area contributed by atoms with Crippen molar-refractivity contribution in [3.63, 3.8) is 0 Å². The van der Waals surface area contributed by atoms with Crippen LogP contribution in [0.4, 0.5) is 10.6 Å². The highest BCUT2D eigenvalue weighted by atomic mass is 35.6. The molecular formula is C17H20Cl3N3O3. The summed E-state index contributed by atoms with van der Waals surface area (Å²) in [6.45, 7) is 5.70. The molecule has 0 bridgehead atoms. The molecule has 142 valence electrons. The van der Waals surface area contributed by atoms with Crippen molar-refractivity contribution in [2.75, 3.05) is 19.0 Å². The van der Waals surface area contributed by atoms with Gasteiger partial charge in [0.15, 0.2) is 0 Å². The number of anilines is 1. The number of hydrogen-bond donors (Lipinski definition) is 1. The summed E-state index contributed by atoms with van der Waals surface area (Å²) >= 11 is 16.8. The molecular weight excluding hydrogens is 401 g/mol. The Kier molecular flexibility index (Phi) is 6.32. The maximum Gasteiger partial charge on any atom is 0.412 e. The number of alkyl halides is 3. The lowest BCUT2D eigenvalue weighted by Gasteiger charge is -2.14. The number of halogens is 3. The Balaban J connectivity index is 2.34. The fourth-order valence-electron chi connectivity index (χ4n) is 2.06. The Morgan fingerprint density at radius 3 is 2.50 bits per heavy atom. The zero-order valence-electron chi connectivity index (χ0n) is 14.8. The van der Waals surface area contributed by atoms with Crippen molar-refractivity contribution in [1.82, 2.24) is 9.78 Å². The second-order valence-corrected chi connectivity index (χ2v) is 9.11. The fourth-order valence-corrected chi connectivity index (χ4v) is 2.23. The molecule has 2 aromatic rings. The fraction of sp³-hybridized carbons (Fsp3) is 0.412. The van der Waals surface area contributed by atoms with Crippen LogP contribution in [-0.4, -0.2) is 33.4 Å². The summed E-state index contributed by atoms with van der Waals surface area (Å²) in [5, 5.41) is 7.24. The summed E-state index contributed by atoms with van der Waals surface area (Å²) in [5.74, 6) is 1.09. The van der Waals surface area contributed by atoms with Crippen LogP contribution in [0.2, 0.25) is 0 Å². The minimum atomic E-state index is -1.68. The van der Waals surface area contributed by atoms with Crippen molar-refractivity contribution in [1.29, 1.82) is 0 Å². The predicted molar refractivity (Wildman–Crippen MR) is 104 cm³/mol. The second-order valence-electron chi connectivity index (χ2n) is 6.59. The van der Waals surface area contributed by atoms with E-state index in [0.29, 0.717) is 11.6 Å². The molecule has 0 aliphatic carbocycles. The average molecular weight is 421 g/mol. The maximum atomic E-state index is 12.0. The molecule has 1 aromatic heterocycles. The topological polar surface area (TPSA) is 65.4 Å². The first-order valence-electron chi connectivity index (χ1n) is 7.75. The number of hydrogen-bond acceptors (Lipinski definition) is 4. The number of ether oxygens (including phenoxy) is 2. The standard InChI is InChI=1S/C17H20Cl3N3O3/c1-16(2,3)13-9-14(21-15(24)26-10-17(18,19)20)23(22-13)11-6-5-7-12(8-11)25-4/h5-9H,10H2,1-4H3,(H,21,24). The van der Waals surface area contributed by atoms with Gasteiger partial charge in [-0.05, 0) is 12.1 Å². The molecule has 0 radical (unpaired) electrons. The van der Waals surface area contributed by atoms with Gasteiger partial charge in [-0.1, -0.05) is 61.6 Å². The molecule has 1 aromatic carbocycles. The molecule has 0 saturated heterocycles. The van der Waals surface area contributed by atoms with E-state index in [-0.39, 0.29) is 12.0 Å². The molecule has 0 aliphatic heterocycles. The molecule has 1 amide bonds. The van der Waals surface area contributed by atoms with E-state index in [9.17, 15) is 4.79 Å². The molecule has 1 N–H and O–H groups in total. The largest absolute Gasteiger partial charge is 0.497 e. The van der Waals surface area contributed by atoms with Crippen LogP contribution in [-0.2, 0) is 10.2 Å². The number of carbonyl (C=O) groups excluding carboxylic acids is 1. The van der Waals surface area contributed by atoms with E-state index in [0.717, 1.165) is 11.4 Å². The number of benzene rings is 1. The van der Waals surface area contributed by atoms with Crippen LogP contribution in [0, 0.1) is 0 Å². The van der Waals surface area contributed by atoms with Crippen LogP contribution >= 0.6 is 34.8 Å². The van der Waals surface area contributed by atoms with Crippen LogP contribution in [0.25, 0.3) is 5.69 Å². The molecule has 0 saturated carbocycles. The van der Waals surface area contributed by atoms with Crippen LogP contribution in [0.15, 0.2) is 30.3 Å². The van der Waals surface area contributed by atoms with Gasteiger partial charge in [-0.3, -0.25) is 5.32 Å². The Hall–Kier alpha value is -1.63. The first kappa shape index (κ1) is 20.7. The number of aromatic nitrogens is 2. The van der Waals surface area contributed by atoms with Gasteiger partial charge in [0.1, 0.15) is 18.2 Å². The normalized spacial score (nSPS) is 12.0. The van der Waals surface area contributed by atoms with Crippen molar-refractivity contribution in [2.45, 2.75) is 30.0 Å². The highest BCUT2D eigenvalue weighted by molar-refractivity contribution is 6.67. The maximum absolute atomic E-state index is 12.0. The van der Waals surface area contributed by atoms with Gasteiger partial charge >= 0.3 is 6.09 Å². The van der Waals surface area contributed by atoms with E-state index in [1.807, 2.05) is 39.0 Å². The van der Waals surface area contributed by atoms with Crippen LogP contribution < -0.4 is 10.1 Å². The molecule has 2 rings (SSSR count). The van der Waals surface area contributed by atoms with Gasteiger partial charge in [-0.2, -0.15) is 5.10 Å². The summed E-state index contributed by atoms with van der Waals surface area (Å²) in [4.78, 5) is 12.0. The lowest BCUT2D eigenvalue weighted by molar-refractivity contribution is 0.163. The Bertz CT molecular complexity index is 780. The first-order valence-corrected chi connectivity index (χ1v) is 8.88. The smallest absolute Gasteiger partial charge is 0.412 e. The van der Waals surface area contributed by atoms with Crippen LogP contribution in [0.1, 0.15) is 26.5 Å². The van der Waals surface area contributed by atoms with Crippen molar-refractivity contribution in [2.24, 2.45) is 0 Å². The van der Waals surface area contributed by atoms with Gasteiger partial charge in [0.25, 0.3) is 0 Å². The number of nitrogens with one attached hydrogen (secondary N) is 1. The Morgan fingerprint density at radius 2 is 1.92 bits per heavy atom. The Morgan fingerprint density at radius 1 is 1.23 bits per heavy atom. The molecule has 0 atom stereocenters. The van der Waals surface area contributed by atoms with Crippen molar-refractivity contribution in [3.8, 4) is 11.4 Å².